The Labute approximate surface area is 107 Å². The first-order valence-electron chi connectivity index (χ1n) is 7.03. The van der Waals surface area contributed by atoms with Crippen LogP contribution < -0.4 is 5.56 Å². The molecule has 1 saturated carbocycles. The quantitative estimate of drug-likeness (QED) is 0.864. The number of hydrogen-bond acceptors (Lipinski definition) is 3. The SMILES string of the molecule is Cc1nc2c(c(=O)[nH]1)CCN(CC1CCCC1)C2. The summed E-state index contributed by atoms with van der Waals surface area (Å²) in [6.07, 6.45) is 6.40. The van der Waals surface area contributed by atoms with Crippen molar-refractivity contribution in [2.45, 2.75) is 45.6 Å². The van der Waals surface area contributed by atoms with Gasteiger partial charge in [-0.1, -0.05) is 12.8 Å². The Morgan fingerprint density at radius 1 is 1.39 bits per heavy atom. The largest absolute Gasteiger partial charge is 0.311 e. The van der Waals surface area contributed by atoms with Crippen LogP contribution in [0.4, 0.5) is 0 Å². The molecule has 1 fully saturated rings. The molecule has 0 aromatic carbocycles. The molecule has 1 aromatic heterocycles. The molecule has 1 aliphatic heterocycles. The molecule has 4 heteroatoms. The van der Waals surface area contributed by atoms with Gasteiger partial charge >= 0.3 is 0 Å². The molecule has 0 unspecified atom stereocenters. The molecule has 1 aromatic rings. The summed E-state index contributed by atoms with van der Waals surface area (Å²) in [6.45, 7) is 4.92. The third-order valence-corrected chi connectivity index (χ3v) is 4.26. The van der Waals surface area contributed by atoms with Gasteiger partial charge in [-0.15, -0.1) is 0 Å². The predicted molar refractivity (Wildman–Crippen MR) is 70.5 cm³/mol. The average molecular weight is 247 g/mol. The Balaban J connectivity index is 1.74. The Kier molecular flexibility index (Phi) is 3.20. The lowest BCUT2D eigenvalue weighted by molar-refractivity contribution is 0.210. The van der Waals surface area contributed by atoms with E-state index in [1.54, 1.807) is 0 Å². The lowest BCUT2D eigenvalue weighted by Gasteiger charge is -2.29. The normalized spacial score (nSPS) is 21.2. The van der Waals surface area contributed by atoms with Gasteiger partial charge in [0.05, 0.1) is 5.69 Å². The minimum atomic E-state index is 0.0676. The van der Waals surface area contributed by atoms with E-state index in [4.69, 9.17) is 0 Å². The molecule has 18 heavy (non-hydrogen) atoms. The second-order valence-corrected chi connectivity index (χ2v) is 5.71. The van der Waals surface area contributed by atoms with E-state index in [0.29, 0.717) is 0 Å². The van der Waals surface area contributed by atoms with Gasteiger partial charge in [0.1, 0.15) is 5.82 Å². The second-order valence-electron chi connectivity index (χ2n) is 5.71. The highest BCUT2D eigenvalue weighted by atomic mass is 16.1. The van der Waals surface area contributed by atoms with Gasteiger partial charge in [0, 0.05) is 25.2 Å². The Morgan fingerprint density at radius 3 is 2.94 bits per heavy atom. The van der Waals surface area contributed by atoms with E-state index in [1.165, 1.54) is 32.2 Å². The maximum atomic E-state index is 11.8. The molecule has 0 saturated heterocycles. The number of fused-ring (bicyclic) bond motifs is 1. The van der Waals surface area contributed by atoms with Crippen LogP contribution in [0.1, 0.15) is 42.8 Å². The highest BCUT2D eigenvalue weighted by Crippen LogP contribution is 2.26. The summed E-state index contributed by atoms with van der Waals surface area (Å²) in [5.41, 5.74) is 1.97. The molecule has 0 amide bonds. The average Bonchev–Trinajstić information content (AvgIpc) is 2.81. The Hall–Kier alpha value is -1.16. The zero-order valence-electron chi connectivity index (χ0n) is 11.0. The van der Waals surface area contributed by atoms with Crippen molar-refractivity contribution in [3.05, 3.63) is 27.4 Å². The molecular formula is C14H21N3O. The number of aryl methyl sites for hydroxylation is 1. The van der Waals surface area contributed by atoms with Crippen LogP contribution in [-0.2, 0) is 13.0 Å². The fourth-order valence-electron chi connectivity index (χ4n) is 3.33. The lowest BCUT2D eigenvalue weighted by atomic mass is 10.0. The zero-order valence-corrected chi connectivity index (χ0v) is 11.0. The molecule has 0 spiro atoms. The first-order chi connectivity index (χ1) is 8.72. The van der Waals surface area contributed by atoms with Crippen LogP contribution in [0.5, 0.6) is 0 Å². The van der Waals surface area contributed by atoms with Crippen LogP contribution in [0.25, 0.3) is 0 Å². The van der Waals surface area contributed by atoms with Crippen molar-refractivity contribution in [2.75, 3.05) is 13.1 Å². The number of H-pyrrole nitrogens is 1. The number of rotatable bonds is 2. The molecule has 1 N–H and O–H groups in total. The molecule has 98 valence electrons. The van der Waals surface area contributed by atoms with Crippen molar-refractivity contribution >= 4 is 0 Å². The van der Waals surface area contributed by atoms with Gasteiger partial charge < -0.3 is 4.98 Å². The van der Waals surface area contributed by atoms with E-state index in [-0.39, 0.29) is 5.56 Å². The smallest absolute Gasteiger partial charge is 0.254 e. The van der Waals surface area contributed by atoms with Gasteiger partial charge in [0.25, 0.3) is 5.56 Å². The van der Waals surface area contributed by atoms with Crippen molar-refractivity contribution in [3.8, 4) is 0 Å². The van der Waals surface area contributed by atoms with Gasteiger partial charge in [-0.25, -0.2) is 4.98 Å². The summed E-state index contributed by atoms with van der Waals surface area (Å²) in [5.74, 6) is 1.61. The van der Waals surface area contributed by atoms with Crippen molar-refractivity contribution in [1.82, 2.24) is 14.9 Å². The standard InChI is InChI=1S/C14H21N3O/c1-10-15-13-9-17(8-11-4-2-3-5-11)7-6-12(13)14(18)16-10/h11H,2-9H2,1H3,(H,15,16,18). The maximum absolute atomic E-state index is 11.8. The minimum absolute atomic E-state index is 0.0676. The van der Waals surface area contributed by atoms with E-state index >= 15 is 0 Å². The third-order valence-electron chi connectivity index (χ3n) is 4.26. The molecular weight excluding hydrogens is 226 g/mol. The van der Waals surface area contributed by atoms with E-state index in [0.717, 1.165) is 42.5 Å². The monoisotopic (exact) mass is 247 g/mol. The predicted octanol–water partition coefficient (Wildman–Crippen LogP) is 1.63. The number of aromatic amines is 1. The molecule has 0 atom stereocenters. The molecule has 2 heterocycles. The summed E-state index contributed by atoms with van der Waals surface area (Å²) < 4.78 is 0. The van der Waals surface area contributed by atoms with Gasteiger partial charge in [-0.2, -0.15) is 0 Å². The lowest BCUT2D eigenvalue weighted by Crippen LogP contribution is -2.37. The Bertz CT molecular complexity index is 488. The van der Waals surface area contributed by atoms with Crippen molar-refractivity contribution in [2.24, 2.45) is 5.92 Å². The molecule has 3 rings (SSSR count). The number of nitrogens with one attached hydrogen (secondary N) is 1. The molecule has 2 aliphatic rings. The van der Waals surface area contributed by atoms with Gasteiger partial charge in [-0.3, -0.25) is 9.69 Å². The van der Waals surface area contributed by atoms with E-state index in [2.05, 4.69) is 14.9 Å². The minimum Gasteiger partial charge on any atom is -0.311 e. The highest BCUT2D eigenvalue weighted by Gasteiger charge is 2.24. The van der Waals surface area contributed by atoms with Crippen LogP contribution in [0, 0.1) is 12.8 Å². The first-order valence-corrected chi connectivity index (χ1v) is 7.03. The number of hydrogen-bond donors (Lipinski definition) is 1. The van der Waals surface area contributed by atoms with Gasteiger partial charge in [-0.05, 0) is 32.1 Å². The molecule has 4 nitrogen and oxygen atoms in total. The van der Waals surface area contributed by atoms with Crippen molar-refractivity contribution < 1.29 is 0 Å². The topological polar surface area (TPSA) is 49.0 Å². The van der Waals surface area contributed by atoms with Crippen LogP contribution in [-0.4, -0.2) is 28.0 Å². The van der Waals surface area contributed by atoms with Gasteiger partial charge in [0.2, 0.25) is 0 Å². The molecule has 1 aliphatic carbocycles. The van der Waals surface area contributed by atoms with Crippen molar-refractivity contribution in [1.29, 1.82) is 0 Å². The maximum Gasteiger partial charge on any atom is 0.254 e. The van der Waals surface area contributed by atoms with Crippen LogP contribution in [0.15, 0.2) is 4.79 Å². The first kappa shape index (κ1) is 11.9. The second kappa shape index (κ2) is 4.84. The van der Waals surface area contributed by atoms with Crippen LogP contribution >= 0.6 is 0 Å². The van der Waals surface area contributed by atoms with Crippen LogP contribution in [0.2, 0.25) is 0 Å². The Morgan fingerprint density at radius 2 is 2.17 bits per heavy atom. The zero-order chi connectivity index (χ0) is 12.5. The van der Waals surface area contributed by atoms with E-state index in [1.807, 2.05) is 6.92 Å². The molecule has 0 bridgehead atoms. The highest BCUT2D eigenvalue weighted by molar-refractivity contribution is 5.20. The fourth-order valence-corrected chi connectivity index (χ4v) is 3.33. The number of aromatic nitrogens is 2. The van der Waals surface area contributed by atoms with E-state index < -0.39 is 0 Å². The number of nitrogens with zero attached hydrogens (tertiary/aromatic N) is 2. The van der Waals surface area contributed by atoms with E-state index in [9.17, 15) is 4.79 Å². The molecule has 0 radical (unpaired) electrons. The van der Waals surface area contributed by atoms with Gasteiger partial charge in [0.15, 0.2) is 0 Å². The summed E-state index contributed by atoms with van der Waals surface area (Å²) in [7, 11) is 0. The summed E-state index contributed by atoms with van der Waals surface area (Å²) in [4.78, 5) is 21.6. The third kappa shape index (κ3) is 2.34. The van der Waals surface area contributed by atoms with Crippen LogP contribution in [0.3, 0.4) is 0 Å². The van der Waals surface area contributed by atoms with Crippen molar-refractivity contribution in [3.63, 3.8) is 0 Å². The fraction of sp³-hybridized carbons (Fsp3) is 0.714. The summed E-state index contributed by atoms with van der Waals surface area (Å²) in [5, 5.41) is 0. The summed E-state index contributed by atoms with van der Waals surface area (Å²) >= 11 is 0. The summed E-state index contributed by atoms with van der Waals surface area (Å²) in [6, 6.07) is 0.